The van der Waals surface area contributed by atoms with E-state index in [2.05, 4.69) is 17.0 Å². The molecule has 1 unspecified atom stereocenters. The van der Waals surface area contributed by atoms with Crippen molar-refractivity contribution in [2.75, 3.05) is 18.9 Å². The molecule has 0 bridgehead atoms. The molecule has 1 fully saturated rings. The predicted octanol–water partition coefficient (Wildman–Crippen LogP) is 1.16. The molecule has 2 N–H and O–H groups in total. The van der Waals surface area contributed by atoms with Crippen LogP contribution in [0.3, 0.4) is 0 Å². The second-order valence-electron chi connectivity index (χ2n) is 4.15. The maximum Gasteiger partial charge on any atom is 0.239 e. The smallest absolute Gasteiger partial charge is 0.239 e. The van der Waals surface area contributed by atoms with Gasteiger partial charge < -0.3 is 10.5 Å². The molecule has 2 rings (SSSR count). The average Bonchev–Trinajstić information content (AvgIpc) is 2.58. The van der Waals surface area contributed by atoms with Crippen molar-refractivity contribution in [3.05, 3.63) is 5.82 Å². The molecule has 15 heavy (non-hydrogen) atoms. The van der Waals surface area contributed by atoms with Gasteiger partial charge in [-0.25, -0.2) is 4.68 Å². The standard InChI is InChI=1S/C10H18N4O/c1-7(9-3-5-15-6-4-9)14-8(2)12-10(11)13-14/h7,9H,3-6H2,1-2H3,(H2,11,13). The lowest BCUT2D eigenvalue weighted by Crippen LogP contribution is -2.25. The first-order valence-electron chi connectivity index (χ1n) is 5.45. The molecule has 84 valence electrons. The Kier molecular flexibility index (Phi) is 2.90. The largest absolute Gasteiger partial charge is 0.381 e. The lowest BCUT2D eigenvalue weighted by molar-refractivity contribution is 0.0492. The van der Waals surface area contributed by atoms with Crippen LogP contribution in [0.15, 0.2) is 0 Å². The molecule has 1 aliphatic rings. The number of ether oxygens (including phenoxy) is 1. The minimum Gasteiger partial charge on any atom is -0.381 e. The Morgan fingerprint density at radius 1 is 1.47 bits per heavy atom. The molecule has 1 aromatic heterocycles. The monoisotopic (exact) mass is 210 g/mol. The lowest BCUT2D eigenvalue weighted by atomic mass is 9.93. The molecule has 1 aliphatic heterocycles. The van der Waals surface area contributed by atoms with Crippen LogP contribution in [0, 0.1) is 12.8 Å². The quantitative estimate of drug-likeness (QED) is 0.795. The van der Waals surface area contributed by atoms with E-state index in [9.17, 15) is 0 Å². The van der Waals surface area contributed by atoms with E-state index in [4.69, 9.17) is 10.5 Å². The molecule has 0 aliphatic carbocycles. The molecule has 0 spiro atoms. The van der Waals surface area contributed by atoms with Gasteiger partial charge in [-0.1, -0.05) is 0 Å². The Labute approximate surface area is 89.6 Å². The van der Waals surface area contributed by atoms with Crippen LogP contribution < -0.4 is 5.73 Å². The molecule has 1 aromatic rings. The Bertz CT molecular complexity index is 330. The summed E-state index contributed by atoms with van der Waals surface area (Å²) in [7, 11) is 0. The van der Waals surface area contributed by atoms with Gasteiger partial charge in [0.2, 0.25) is 5.95 Å². The summed E-state index contributed by atoms with van der Waals surface area (Å²) in [6.45, 7) is 5.84. The number of rotatable bonds is 2. The summed E-state index contributed by atoms with van der Waals surface area (Å²) in [4.78, 5) is 4.13. The van der Waals surface area contributed by atoms with Gasteiger partial charge in [-0.05, 0) is 32.6 Å². The van der Waals surface area contributed by atoms with Gasteiger partial charge in [-0.3, -0.25) is 0 Å². The first-order valence-corrected chi connectivity index (χ1v) is 5.45. The molecule has 0 amide bonds. The molecule has 5 nitrogen and oxygen atoms in total. The summed E-state index contributed by atoms with van der Waals surface area (Å²) >= 11 is 0. The molecule has 2 heterocycles. The van der Waals surface area contributed by atoms with Crippen LogP contribution in [0.5, 0.6) is 0 Å². The maximum atomic E-state index is 5.58. The zero-order valence-corrected chi connectivity index (χ0v) is 9.31. The molecule has 1 atom stereocenters. The number of nitrogens with zero attached hydrogens (tertiary/aromatic N) is 3. The second-order valence-corrected chi connectivity index (χ2v) is 4.15. The van der Waals surface area contributed by atoms with Crippen molar-refractivity contribution in [2.24, 2.45) is 5.92 Å². The number of aryl methyl sites for hydroxylation is 1. The van der Waals surface area contributed by atoms with E-state index in [-0.39, 0.29) is 0 Å². The van der Waals surface area contributed by atoms with Crippen molar-refractivity contribution < 1.29 is 4.74 Å². The number of hydrogen-bond donors (Lipinski definition) is 1. The highest BCUT2D eigenvalue weighted by molar-refractivity contribution is 5.13. The van der Waals surface area contributed by atoms with E-state index < -0.39 is 0 Å². The summed E-state index contributed by atoms with van der Waals surface area (Å²) in [5, 5.41) is 4.23. The molecule has 1 saturated heterocycles. The zero-order valence-electron chi connectivity index (χ0n) is 9.31. The van der Waals surface area contributed by atoms with E-state index in [1.54, 1.807) is 0 Å². The lowest BCUT2D eigenvalue weighted by Gasteiger charge is -2.28. The number of hydrogen-bond acceptors (Lipinski definition) is 4. The van der Waals surface area contributed by atoms with E-state index in [0.29, 0.717) is 17.9 Å². The minimum absolute atomic E-state index is 0.360. The highest BCUT2D eigenvalue weighted by Gasteiger charge is 2.23. The first-order chi connectivity index (χ1) is 7.18. The van der Waals surface area contributed by atoms with Crippen molar-refractivity contribution in [1.29, 1.82) is 0 Å². The van der Waals surface area contributed by atoms with Crippen molar-refractivity contribution in [1.82, 2.24) is 14.8 Å². The van der Waals surface area contributed by atoms with E-state index in [0.717, 1.165) is 31.9 Å². The van der Waals surface area contributed by atoms with Crippen LogP contribution in [0.4, 0.5) is 5.95 Å². The van der Waals surface area contributed by atoms with E-state index in [1.165, 1.54) is 0 Å². The summed E-state index contributed by atoms with van der Waals surface area (Å²) in [5.41, 5.74) is 5.58. The van der Waals surface area contributed by atoms with Gasteiger partial charge in [-0.2, -0.15) is 4.98 Å². The fourth-order valence-electron chi connectivity index (χ4n) is 2.21. The first kappa shape index (κ1) is 10.4. The van der Waals surface area contributed by atoms with Crippen molar-refractivity contribution in [3.8, 4) is 0 Å². The number of aromatic nitrogens is 3. The fourth-order valence-corrected chi connectivity index (χ4v) is 2.21. The maximum absolute atomic E-state index is 5.58. The molecule has 0 aromatic carbocycles. The molecular formula is C10H18N4O. The average molecular weight is 210 g/mol. The van der Waals surface area contributed by atoms with Gasteiger partial charge in [0.15, 0.2) is 0 Å². The Balaban J connectivity index is 2.12. The molecule has 0 radical (unpaired) electrons. The highest BCUT2D eigenvalue weighted by Crippen LogP contribution is 2.27. The van der Waals surface area contributed by atoms with Crippen LogP contribution in [-0.2, 0) is 4.74 Å². The van der Waals surface area contributed by atoms with Crippen LogP contribution in [0.25, 0.3) is 0 Å². The third-order valence-electron chi connectivity index (χ3n) is 3.15. The Hall–Kier alpha value is -1.10. The topological polar surface area (TPSA) is 66.0 Å². The van der Waals surface area contributed by atoms with Gasteiger partial charge in [-0.15, -0.1) is 5.10 Å². The van der Waals surface area contributed by atoms with Crippen LogP contribution in [0.1, 0.15) is 31.6 Å². The molecule has 5 heteroatoms. The van der Waals surface area contributed by atoms with Crippen LogP contribution >= 0.6 is 0 Å². The summed E-state index contributed by atoms with van der Waals surface area (Å²) in [5.74, 6) is 1.89. The number of nitrogen functional groups attached to an aromatic ring is 1. The van der Waals surface area contributed by atoms with Crippen molar-refractivity contribution >= 4 is 5.95 Å². The van der Waals surface area contributed by atoms with Crippen LogP contribution in [-0.4, -0.2) is 28.0 Å². The molecular weight excluding hydrogens is 192 g/mol. The number of nitrogens with two attached hydrogens (primary N) is 1. The normalized spacial score (nSPS) is 20.4. The zero-order chi connectivity index (χ0) is 10.8. The number of anilines is 1. The molecule has 0 saturated carbocycles. The van der Waals surface area contributed by atoms with Gasteiger partial charge in [0.1, 0.15) is 5.82 Å². The van der Waals surface area contributed by atoms with Gasteiger partial charge in [0, 0.05) is 13.2 Å². The second kappa shape index (κ2) is 4.18. The predicted molar refractivity (Wildman–Crippen MR) is 57.4 cm³/mol. The summed E-state index contributed by atoms with van der Waals surface area (Å²) < 4.78 is 7.29. The van der Waals surface area contributed by atoms with Gasteiger partial charge >= 0.3 is 0 Å². The summed E-state index contributed by atoms with van der Waals surface area (Å²) in [6.07, 6.45) is 2.20. The summed E-state index contributed by atoms with van der Waals surface area (Å²) in [6, 6.07) is 0.360. The van der Waals surface area contributed by atoms with Crippen molar-refractivity contribution in [3.63, 3.8) is 0 Å². The van der Waals surface area contributed by atoms with E-state index >= 15 is 0 Å². The van der Waals surface area contributed by atoms with Gasteiger partial charge in [0.25, 0.3) is 0 Å². The van der Waals surface area contributed by atoms with Crippen molar-refractivity contribution in [2.45, 2.75) is 32.7 Å². The van der Waals surface area contributed by atoms with E-state index in [1.807, 2.05) is 11.6 Å². The minimum atomic E-state index is 0.360. The van der Waals surface area contributed by atoms with Gasteiger partial charge in [0.05, 0.1) is 6.04 Å². The highest BCUT2D eigenvalue weighted by atomic mass is 16.5. The third kappa shape index (κ3) is 2.12. The Morgan fingerprint density at radius 2 is 2.13 bits per heavy atom. The third-order valence-corrected chi connectivity index (χ3v) is 3.15. The fraction of sp³-hybridized carbons (Fsp3) is 0.800. The Morgan fingerprint density at radius 3 is 2.67 bits per heavy atom. The van der Waals surface area contributed by atoms with Crippen LogP contribution in [0.2, 0.25) is 0 Å². The SMILES string of the molecule is Cc1nc(N)nn1C(C)C1CCOCC1.